The van der Waals surface area contributed by atoms with Gasteiger partial charge in [0.1, 0.15) is 12.4 Å². The molecule has 4 nitrogen and oxygen atoms in total. The van der Waals surface area contributed by atoms with Crippen LogP contribution in [0.5, 0.6) is 5.75 Å². The highest BCUT2D eigenvalue weighted by Crippen LogP contribution is 2.31. The number of benzene rings is 2. The average molecular weight is 293 g/mol. The summed E-state index contributed by atoms with van der Waals surface area (Å²) in [5, 5.41) is 0. The predicted octanol–water partition coefficient (Wildman–Crippen LogP) is 2.98. The maximum absolute atomic E-state index is 12.2. The van der Waals surface area contributed by atoms with Gasteiger partial charge in [-0.2, -0.15) is 0 Å². The van der Waals surface area contributed by atoms with E-state index in [1.165, 1.54) is 4.90 Å². The van der Waals surface area contributed by atoms with Crippen LogP contribution in [0.2, 0.25) is 0 Å². The van der Waals surface area contributed by atoms with E-state index in [1.54, 1.807) is 24.3 Å². The van der Waals surface area contributed by atoms with Crippen LogP contribution in [0.25, 0.3) is 0 Å². The number of hydrogen-bond donors (Lipinski definition) is 0. The van der Waals surface area contributed by atoms with Crippen LogP contribution in [0.3, 0.4) is 0 Å². The van der Waals surface area contributed by atoms with Gasteiger partial charge in [-0.15, -0.1) is 0 Å². The lowest BCUT2D eigenvalue weighted by molar-refractivity contribution is -0.114. The van der Waals surface area contributed by atoms with Crippen LogP contribution < -0.4 is 9.64 Å². The monoisotopic (exact) mass is 293 g/mol. The molecule has 1 aliphatic heterocycles. The highest BCUT2D eigenvalue weighted by molar-refractivity contribution is 6.52. The molecule has 2 aromatic rings. The summed E-state index contributed by atoms with van der Waals surface area (Å²) in [6.07, 6.45) is 1.66. The van der Waals surface area contributed by atoms with Crippen LogP contribution in [0, 0.1) is 0 Å². The highest BCUT2D eigenvalue weighted by Gasteiger charge is 2.35. The Morgan fingerprint density at radius 3 is 2.59 bits per heavy atom. The maximum atomic E-state index is 12.2. The zero-order valence-electron chi connectivity index (χ0n) is 12.0. The molecule has 0 spiro atoms. The third-order valence-corrected chi connectivity index (χ3v) is 3.54. The minimum Gasteiger partial charge on any atom is -0.489 e. The number of hydrogen-bond acceptors (Lipinski definition) is 3. The van der Waals surface area contributed by atoms with Crippen LogP contribution in [-0.2, 0) is 11.3 Å². The maximum Gasteiger partial charge on any atom is 0.299 e. The fourth-order valence-electron chi connectivity index (χ4n) is 2.50. The van der Waals surface area contributed by atoms with E-state index in [-0.39, 0.29) is 0 Å². The lowest BCUT2D eigenvalue weighted by Gasteiger charge is -2.18. The van der Waals surface area contributed by atoms with Gasteiger partial charge < -0.3 is 9.64 Å². The molecule has 22 heavy (non-hydrogen) atoms. The van der Waals surface area contributed by atoms with Crippen molar-refractivity contribution < 1.29 is 14.3 Å². The number of carbonyl (C=O) groups excluding carboxylic acids is 2. The summed E-state index contributed by atoms with van der Waals surface area (Å²) < 4.78 is 5.61. The molecule has 0 radical (unpaired) electrons. The molecular formula is C18H15NO3. The summed E-state index contributed by atoms with van der Waals surface area (Å²) in [7, 11) is 0. The summed E-state index contributed by atoms with van der Waals surface area (Å²) in [5.74, 6) is -0.271. The molecule has 0 N–H and O–H groups in total. The van der Waals surface area contributed by atoms with Gasteiger partial charge in [-0.05, 0) is 18.2 Å². The second-order valence-corrected chi connectivity index (χ2v) is 4.94. The number of para-hydroxylation sites is 2. The minimum atomic E-state index is -0.500. The van der Waals surface area contributed by atoms with E-state index in [1.807, 2.05) is 30.3 Å². The smallest absolute Gasteiger partial charge is 0.299 e. The van der Waals surface area contributed by atoms with E-state index in [2.05, 4.69) is 6.58 Å². The van der Waals surface area contributed by atoms with E-state index in [0.717, 1.165) is 5.56 Å². The molecule has 0 bridgehead atoms. The van der Waals surface area contributed by atoms with Gasteiger partial charge in [0.25, 0.3) is 11.7 Å². The zero-order chi connectivity index (χ0) is 15.5. The first kappa shape index (κ1) is 14.1. The number of nitrogens with zero attached hydrogens (tertiary/aromatic N) is 1. The normalized spacial score (nSPS) is 13.2. The Balaban J connectivity index is 1.92. The first-order valence-electron chi connectivity index (χ1n) is 6.99. The van der Waals surface area contributed by atoms with E-state index in [4.69, 9.17) is 4.74 Å². The molecule has 1 aliphatic rings. The Morgan fingerprint density at radius 2 is 1.77 bits per heavy atom. The predicted molar refractivity (Wildman–Crippen MR) is 84.1 cm³/mol. The van der Waals surface area contributed by atoms with Gasteiger partial charge in [0.15, 0.2) is 0 Å². The lowest BCUT2D eigenvalue weighted by atomic mass is 10.1. The van der Waals surface area contributed by atoms with Crippen molar-refractivity contribution in [3.63, 3.8) is 0 Å². The molecule has 0 aromatic heterocycles. The largest absolute Gasteiger partial charge is 0.489 e. The fraction of sp³-hybridized carbons (Fsp3) is 0.111. The Labute approximate surface area is 128 Å². The van der Waals surface area contributed by atoms with Crippen molar-refractivity contribution in [2.45, 2.75) is 6.54 Å². The van der Waals surface area contributed by atoms with Crippen molar-refractivity contribution in [2.24, 2.45) is 0 Å². The number of anilines is 1. The number of rotatable bonds is 5. The lowest BCUT2D eigenvalue weighted by Crippen LogP contribution is -2.29. The van der Waals surface area contributed by atoms with Crippen LogP contribution in [-0.4, -0.2) is 18.3 Å². The van der Waals surface area contributed by atoms with Gasteiger partial charge in [0.2, 0.25) is 0 Å². The number of fused-ring (bicyclic) bond motifs is 1. The first-order valence-corrected chi connectivity index (χ1v) is 6.99. The number of Topliss-reactive ketones (excluding diaryl/α,β-unsaturated/α-hetero) is 1. The first-order chi connectivity index (χ1) is 10.7. The topological polar surface area (TPSA) is 46.6 Å². The standard InChI is InChI=1S/C18H15NO3/c1-2-11-22-16-10-6-3-7-13(16)12-19-15-9-5-4-8-14(15)17(20)18(19)21/h2-10H,1,11-12H2. The van der Waals surface area contributed by atoms with Crippen LogP contribution in [0.4, 0.5) is 5.69 Å². The minimum absolute atomic E-state index is 0.300. The highest BCUT2D eigenvalue weighted by atomic mass is 16.5. The Hall–Kier alpha value is -2.88. The molecule has 1 heterocycles. The summed E-state index contributed by atoms with van der Waals surface area (Å²) >= 11 is 0. The molecule has 4 heteroatoms. The van der Waals surface area contributed by atoms with Gasteiger partial charge in [0.05, 0.1) is 17.8 Å². The second kappa shape index (κ2) is 5.85. The quantitative estimate of drug-likeness (QED) is 0.629. The number of amides is 1. The summed E-state index contributed by atoms with van der Waals surface area (Å²) in [6.45, 7) is 4.32. The zero-order valence-corrected chi connectivity index (χ0v) is 12.0. The van der Waals surface area contributed by atoms with Crippen LogP contribution in [0.15, 0.2) is 61.2 Å². The van der Waals surface area contributed by atoms with Gasteiger partial charge in [-0.1, -0.05) is 43.0 Å². The van der Waals surface area contributed by atoms with E-state index in [9.17, 15) is 9.59 Å². The molecule has 110 valence electrons. The van der Waals surface area contributed by atoms with E-state index >= 15 is 0 Å². The summed E-state index contributed by atoms with van der Waals surface area (Å²) in [5.41, 5.74) is 1.95. The second-order valence-electron chi connectivity index (χ2n) is 4.94. The third kappa shape index (κ3) is 2.39. The number of carbonyl (C=O) groups is 2. The molecule has 0 fully saturated rings. The van der Waals surface area contributed by atoms with Crippen molar-refractivity contribution in [3.05, 3.63) is 72.3 Å². The van der Waals surface area contributed by atoms with Crippen molar-refractivity contribution in [1.82, 2.24) is 0 Å². The Morgan fingerprint density at radius 1 is 1.05 bits per heavy atom. The van der Waals surface area contributed by atoms with Gasteiger partial charge >= 0.3 is 0 Å². The summed E-state index contributed by atoms with van der Waals surface area (Å²) in [4.78, 5) is 25.7. The van der Waals surface area contributed by atoms with E-state index < -0.39 is 11.7 Å². The SMILES string of the molecule is C=CCOc1ccccc1CN1C(=O)C(=O)c2ccccc21. The molecule has 0 saturated heterocycles. The molecule has 0 saturated carbocycles. The molecule has 0 unspecified atom stereocenters. The molecular weight excluding hydrogens is 278 g/mol. The average Bonchev–Trinajstić information content (AvgIpc) is 2.79. The van der Waals surface area contributed by atoms with Crippen molar-refractivity contribution in [3.8, 4) is 5.75 Å². The van der Waals surface area contributed by atoms with Gasteiger partial charge in [-0.3, -0.25) is 9.59 Å². The summed E-state index contributed by atoms with van der Waals surface area (Å²) in [6, 6.07) is 14.5. The van der Waals surface area contributed by atoms with Gasteiger partial charge in [0, 0.05) is 5.56 Å². The number of ketones is 1. The van der Waals surface area contributed by atoms with E-state index in [0.29, 0.717) is 30.2 Å². The van der Waals surface area contributed by atoms with Crippen molar-refractivity contribution >= 4 is 17.4 Å². The molecule has 2 aromatic carbocycles. The Bertz CT molecular complexity index is 752. The number of ether oxygens (including phenoxy) is 1. The van der Waals surface area contributed by atoms with Crippen LogP contribution >= 0.6 is 0 Å². The molecule has 0 atom stereocenters. The fourth-order valence-corrected chi connectivity index (χ4v) is 2.50. The van der Waals surface area contributed by atoms with Crippen molar-refractivity contribution in [1.29, 1.82) is 0 Å². The molecule has 1 amide bonds. The molecule has 3 rings (SSSR count). The van der Waals surface area contributed by atoms with Gasteiger partial charge in [-0.25, -0.2) is 0 Å². The van der Waals surface area contributed by atoms with Crippen LogP contribution in [0.1, 0.15) is 15.9 Å². The van der Waals surface area contributed by atoms with Crippen molar-refractivity contribution in [2.75, 3.05) is 11.5 Å². The third-order valence-electron chi connectivity index (χ3n) is 3.54. The molecule has 0 aliphatic carbocycles. The Kier molecular flexibility index (Phi) is 3.74.